The quantitative estimate of drug-likeness (QED) is 0.505. The molecule has 110 valence electrons. The minimum absolute atomic E-state index is 0.229. The third kappa shape index (κ3) is 4.23. The van der Waals surface area contributed by atoms with E-state index >= 15 is 0 Å². The van der Waals surface area contributed by atoms with Crippen molar-refractivity contribution in [2.24, 2.45) is 0 Å². The van der Waals surface area contributed by atoms with Crippen molar-refractivity contribution in [2.75, 3.05) is 11.1 Å². The summed E-state index contributed by atoms with van der Waals surface area (Å²) in [4.78, 5) is 20.1. The van der Waals surface area contributed by atoms with Gasteiger partial charge in [0.25, 0.3) is 0 Å². The molecule has 1 atom stereocenters. The first-order valence-electron chi connectivity index (χ1n) is 5.95. The number of rotatable bonds is 4. The fourth-order valence-corrected chi connectivity index (χ4v) is 2.89. The molecule has 0 aliphatic rings. The van der Waals surface area contributed by atoms with Crippen LogP contribution >= 0.6 is 35.0 Å². The second kappa shape index (κ2) is 6.98. The molecule has 0 fully saturated rings. The van der Waals surface area contributed by atoms with Crippen LogP contribution in [0.1, 0.15) is 6.92 Å². The highest BCUT2D eigenvalue weighted by atomic mass is 35.5. The highest BCUT2D eigenvalue weighted by Crippen LogP contribution is 2.33. The van der Waals surface area contributed by atoms with Crippen LogP contribution in [-0.4, -0.2) is 21.1 Å². The molecule has 5 nitrogen and oxygen atoms in total. The third-order valence-corrected chi connectivity index (χ3v) is 4.18. The summed E-state index contributed by atoms with van der Waals surface area (Å²) in [6.45, 7) is 1.77. The molecule has 0 aliphatic heterocycles. The zero-order valence-electron chi connectivity index (χ0n) is 11.0. The maximum Gasteiger partial charge on any atom is 0.237 e. The number of anilines is 2. The molecule has 0 radical (unpaired) electrons. The van der Waals surface area contributed by atoms with E-state index in [0.717, 1.165) is 0 Å². The summed E-state index contributed by atoms with van der Waals surface area (Å²) in [6, 6.07) is 4.80. The van der Waals surface area contributed by atoms with E-state index in [2.05, 4.69) is 15.3 Å². The first-order valence-corrected chi connectivity index (χ1v) is 7.59. The number of halogens is 2. The molecule has 1 heterocycles. The standard InChI is InChI=1S/C13H12Cl2N4OS/c1-7(21-11-2-3-17-6-18-11)13(20)19-12-9(14)4-8(16)5-10(12)15/h2-7H,16H2,1H3,(H,19,20). The Balaban J connectivity index is 2.08. The lowest BCUT2D eigenvalue weighted by molar-refractivity contribution is -0.115. The molecule has 2 rings (SSSR count). The van der Waals surface area contributed by atoms with Gasteiger partial charge in [-0.1, -0.05) is 35.0 Å². The predicted octanol–water partition coefficient (Wildman–Crippen LogP) is 3.48. The van der Waals surface area contributed by atoms with Crippen molar-refractivity contribution in [3.63, 3.8) is 0 Å². The maximum absolute atomic E-state index is 12.2. The molecule has 1 unspecified atom stereocenters. The normalized spacial score (nSPS) is 12.0. The third-order valence-electron chi connectivity index (χ3n) is 2.53. The fourth-order valence-electron chi connectivity index (χ4n) is 1.52. The van der Waals surface area contributed by atoms with E-state index in [1.807, 2.05) is 0 Å². The van der Waals surface area contributed by atoms with Gasteiger partial charge in [-0.2, -0.15) is 0 Å². The van der Waals surface area contributed by atoms with Gasteiger partial charge in [0, 0.05) is 11.9 Å². The minimum atomic E-state index is -0.371. The highest BCUT2D eigenvalue weighted by molar-refractivity contribution is 8.00. The number of amides is 1. The van der Waals surface area contributed by atoms with Crippen molar-refractivity contribution in [2.45, 2.75) is 17.2 Å². The Morgan fingerprint density at radius 1 is 1.38 bits per heavy atom. The molecular weight excluding hydrogens is 331 g/mol. The number of thioether (sulfide) groups is 1. The Kier molecular flexibility index (Phi) is 5.27. The van der Waals surface area contributed by atoms with Crippen LogP contribution in [0, 0.1) is 0 Å². The number of nitrogen functional groups attached to an aromatic ring is 1. The zero-order chi connectivity index (χ0) is 15.4. The average Bonchev–Trinajstić information content (AvgIpc) is 2.43. The number of nitrogens with zero attached hydrogens (tertiary/aromatic N) is 2. The number of hydrogen-bond donors (Lipinski definition) is 2. The number of benzene rings is 1. The first kappa shape index (κ1) is 15.9. The van der Waals surface area contributed by atoms with Gasteiger partial charge in [0.05, 0.1) is 21.0 Å². The van der Waals surface area contributed by atoms with Crippen LogP contribution in [0.15, 0.2) is 35.7 Å². The van der Waals surface area contributed by atoms with Crippen LogP contribution in [0.25, 0.3) is 0 Å². The van der Waals surface area contributed by atoms with E-state index in [4.69, 9.17) is 28.9 Å². The summed E-state index contributed by atoms with van der Waals surface area (Å²) < 4.78 is 0. The molecular formula is C13H12Cl2N4OS. The van der Waals surface area contributed by atoms with Gasteiger partial charge in [-0.3, -0.25) is 4.79 Å². The monoisotopic (exact) mass is 342 g/mol. The van der Waals surface area contributed by atoms with Gasteiger partial charge in [-0.15, -0.1) is 0 Å². The topological polar surface area (TPSA) is 80.9 Å². The first-order chi connectivity index (χ1) is 9.97. The van der Waals surface area contributed by atoms with Crippen LogP contribution < -0.4 is 11.1 Å². The number of carbonyl (C=O) groups excluding carboxylic acids is 1. The number of carbonyl (C=O) groups is 1. The van der Waals surface area contributed by atoms with E-state index in [1.54, 1.807) is 19.2 Å². The van der Waals surface area contributed by atoms with Crippen molar-refractivity contribution >= 4 is 52.2 Å². The highest BCUT2D eigenvalue weighted by Gasteiger charge is 2.18. The van der Waals surface area contributed by atoms with E-state index in [0.29, 0.717) is 26.4 Å². The second-order valence-electron chi connectivity index (χ2n) is 4.16. The van der Waals surface area contributed by atoms with Crippen LogP contribution in [-0.2, 0) is 4.79 Å². The van der Waals surface area contributed by atoms with Crippen molar-refractivity contribution in [3.05, 3.63) is 40.8 Å². The Morgan fingerprint density at radius 2 is 2.05 bits per heavy atom. The molecule has 0 saturated heterocycles. The van der Waals surface area contributed by atoms with E-state index in [-0.39, 0.29) is 11.2 Å². The number of aromatic nitrogens is 2. The van der Waals surface area contributed by atoms with Crippen LogP contribution in [0.3, 0.4) is 0 Å². The molecule has 0 bridgehead atoms. The van der Waals surface area contributed by atoms with Crippen molar-refractivity contribution in [1.82, 2.24) is 9.97 Å². The molecule has 0 saturated carbocycles. The maximum atomic E-state index is 12.2. The van der Waals surface area contributed by atoms with Crippen LogP contribution in [0.4, 0.5) is 11.4 Å². The lowest BCUT2D eigenvalue weighted by Gasteiger charge is -2.14. The number of nitrogens with two attached hydrogens (primary N) is 1. The Bertz CT molecular complexity index is 631. The molecule has 1 aromatic heterocycles. The van der Waals surface area contributed by atoms with E-state index < -0.39 is 0 Å². The zero-order valence-corrected chi connectivity index (χ0v) is 13.3. The summed E-state index contributed by atoms with van der Waals surface area (Å²) >= 11 is 13.4. The second-order valence-corrected chi connectivity index (χ2v) is 6.33. The van der Waals surface area contributed by atoms with Crippen molar-refractivity contribution < 1.29 is 4.79 Å². The summed E-state index contributed by atoms with van der Waals surface area (Å²) in [5.74, 6) is -0.229. The van der Waals surface area contributed by atoms with Crippen molar-refractivity contribution in [3.8, 4) is 0 Å². The molecule has 2 aromatic rings. The molecule has 3 N–H and O–H groups in total. The van der Waals surface area contributed by atoms with Crippen LogP contribution in [0.5, 0.6) is 0 Å². The van der Waals surface area contributed by atoms with Gasteiger partial charge in [-0.05, 0) is 25.1 Å². The molecule has 8 heteroatoms. The smallest absolute Gasteiger partial charge is 0.237 e. The SMILES string of the molecule is CC(Sc1ccncn1)C(=O)Nc1c(Cl)cc(N)cc1Cl. The Hall–Kier alpha value is -1.50. The lowest BCUT2D eigenvalue weighted by atomic mass is 10.2. The summed E-state index contributed by atoms with van der Waals surface area (Å²) in [5, 5.41) is 3.64. The number of hydrogen-bond acceptors (Lipinski definition) is 5. The van der Waals surface area contributed by atoms with Crippen LogP contribution in [0.2, 0.25) is 10.0 Å². The largest absolute Gasteiger partial charge is 0.399 e. The van der Waals surface area contributed by atoms with E-state index in [9.17, 15) is 4.79 Å². The predicted molar refractivity (Wildman–Crippen MR) is 86.9 cm³/mol. The number of nitrogens with one attached hydrogen (secondary N) is 1. The fraction of sp³-hybridized carbons (Fsp3) is 0.154. The molecule has 0 spiro atoms. The van der Waals surface area contributed by atoms with Gasteiger partial charge < -0.3 is 11.1 Å². The molecule has 1 amide bonds. The summed E-state index contributed by atoms with van der Waals surface area (Å²) in [7, 11) is 0. The molecule has 1 aromatic carbocycles. The van der Waals surface area contributed by atoms with Gasteiger partial charge in [0.15, 0.2) is 0 Å². The van der Waals surface area contributed by atoms with E-state index in [1.165, 1.54) is 30.2 Å². The van der Waals surface area contributed by atoms with Gasteiger partial charge >= 0.3 is 0 Å². The Morgan fingerprint density at radius 3 is 2.62 bits per heavy atom. The lowest BCUT2D eigenvalue weighted by Crippen LogP contribution is -2.23. The molecule has 21 heavy (non-hydrogen) atoms. The minimum Gasteiger partial charge on any atom is -0.399 e. The summed E-state index contributed by atoms with van der Waals surface area (Å²) in [6.07, 6.45) is 3.05. The average molecular weight is 343 g/mol. The van der Waals surface area contributed by atoms with Gasteiger partial charge in [0.2, 0.25) is 5.91 Å². The molecule has 0 aliphatic carbocycles. The van der Waals surface area contributed by atoms with Gasteiger partial charge in [0.1, 0.15) is 11.4 Å². The van der Waals surface area contributed by atoms with Gasteiger partial charge in [-0.25, -0.2) is 9.97 Å². The van der Waals surface area contributed by atoms with Crippen molar-refractivity contribution in [1.29, 1.82) is 0 Å². The Labute approximate surface area is 136 Å². The summed E-state index contributed by atoms with van der Waals surface area (Å²) in [5.41, 5.74) is 6.41.